The number of benzene rings is 2. The number of carboxylic acid groups (broad SMARTS) is 1. The molecule has 0 bridgehead atoms. The number of carbonyl (C=O) groups excluding carboxylic acids is 2. The quantitative estimate of drug-likeness (QED) is 0.329. The van der Waals surface area contributed by atoms with E-state index in [0.717, 1.165) is 17.3 Å². The van der Waals surface area contributed by atoms with Crippen molar-refractivity contribution in [3.8, 4) is 11.5 Å². The molecule has 1 fully saturated rings. The maximum absolute atomic E-state index is 12.6. The Morgan fingerprint density at radius 3 is 2.69 bits per heavy atom. The number of thioether (sulfide) groups is 1. The third kappa shape index (κ3) is 6.88. The van der Waals surface area contributed by atoms with E-state index in [-0.39, 0.29) is 46.3 Å². The van der Waals surface area contributed by atoms with Gasteiger partial charge in [-0.25, -0.2) is 0 Å². The van der Waals surface area contributed by atoms with Crippen molar-refractivity contribution in [2.45, 2.75) is 13.3 Å². The lowest BCUT2D eigenvalue weighted by Crippen LogP contribution is -2.30. The number of aliphatic carboxylic acids is 1. The van der Waals surface area contributed by atoms with Crippen LogP contribution in [0.1, 0.15) is 17.5 Å². The van der Waals surface area contributed by atoms with Gasteiger partial charge in [0.25, 0.3) is 11.8 Å². The first-order chi connectivity index (χ1) is 16.6. The Labute approximate surface area is 221 Å². The molecule has 2 amide bonds. The minimum atomic E-state index is -1.02. The molecule has 1 aliphatic rings. The highest BCUT2D eigenvalue weighted by atomic mass is 35.5. The number of hydrogen-bond acceptors (Lipinski definition) is 7. The van der Waals surface area contributed by atoms with Crippen LogP contribution in [0.3, 0.4) is 0 Å². The van der Waals surface area contributed by atoms with Gasteiger partial charge in [0.2, 0.25) is 0 Å². The summed E-state index contributed by atoms with van der Waals surface area (Å²) >= 11 is 18.6. The van der Waals surface area contributed by atoms with E-state index >= 15 is 0 Å². The van der Waals surface area contributed by atoms with Crippen molar-refractivity contribution >= 4 is 81.0 Å². The lowest BCUT2D eigenvalue weighted by molar-refractivity contribution is -0.137. The van der Waals surface area contributed by atoms with Crippen molar-refractivity contribution in [3.05, 3.63) is 56.4 Å². The molecule has 2 aromatic rings. The summed E-state index contributed by atoms with van der Waals surface area (Å²) in [5, 5.41) is 12.3. The van der Waals surface area contributed by atoms with Crippen molar-refractivity contribution in [2.24, 2.45) is 0 Å². The smallest absolute Gasteiger partial charge is 0.305 e. The molecule has 1 aliphatic heterocycles. The number of carboxylic acids is 1. The lowest BCUT2D eigenvalue weighted by atomic mass is 10.1. The topological polar surface area (TPSA) is 105 Å². The second-order valence-corrected chi connectivity index (χ2v) is 9.83. The van der Waals surface area contributed by atoms with Gasteiger partial charge in [-0.1, -0.05) is 53.2 Å². The number of thiocarbonyl (C=S) groups is 1. The molecule has 0 saturated carbocycles. The normalized spacial score (nSPS) is 14.4. The summed E-state index contributed by atoms with van der Waals surface area (Å²) in [5.74, 6) is -1.39. The van der Waals surface area contributed by atoms with Crippen molar-refractivity contribution in [1.29, 1.82) is 0 Å². The van der Waals surface area contributed by atoms with Crippen LogP contribution >= 0.6 is 47.2 Å². The molecule has 2 N–H and O–H groups in total. The van der Waals surface area contributed by atoms with Crippen LogP contribution in [-0.2, 0) is 14.4 Å². The van der Waals surface area contributed by atoms with E-state index in [1.165, 1.54) is 12.0 Å². The first-order valence-electron chi connectivity index (χ1n) is 10.1. The average Bonchev–Trinajstić information content (AvgIpc) is 3.05. The van der Waals surface area contributed by atoms with E-state index in [4.69, 9.17) is 50.0 Å². The molecule has 8 nitrogen and oxygen atoms in total. The van der Waals surface area contributed by atoms with E-state index < -0.39 is 11.9 Å². The Hall–Kier alpha value is -2.79. The van der Waals surface area contributed by atoms with Gasteiger partial charge in [-0.2, -0.15) is 0 Å². The van der Waals surface area contributed by atoms with E-state index in [2.05, 4.69) is 5.32 Å². The molecule has 0 radical (unpaired) electrons. The zero-order valence-electron chi connectivity index (χ0n) is 18.6. The minimum absolute atomic E-state index is 0.00896. The fourth-order valence-corrected chi connectivity index (χ4v) is 4.82. The van der Waals surface area contributed by atoms with Crippen molar-refractivity contribution < 1.29 is 29.0 Å². The Kier molecular flexibility index (Phi) is 9.01. The number of hydrogen-bond donors (Lipinski definition) is 2. The number of rotatable bonds is 9. The van der Waals surface area contributed by atoms with Gasteiger partial charge in [-0.3, -0.25) is 19.3 Å². The Morgan fingerprint density at radius 1 is 1.26 bits per heavy atom. The second kappa shape index (κ2) is 11.8. The maximum atomic E-state index is 12.6. The van der Waals surface area contributed by atoms with Gasteiger partial charge in [0.05, 0.1) is 23.5 Å². The van der Waals surface area contributed by atoms with Gasteiger partial charge >= 0.3 is 5.97 Å². The molecule has 3 rings (SSSR count). The SMILES string of the molecule is COc1cc(/C=C2\SC(=S)N(CCC(=O)O)C2=O)cc(Cl)c1OCC(=O)Nc1cc(Cl)ccc1C. The first kappa shape index (κ1) is 26.8. The van der Waals surface area contributed by atoms with Crippen LogP contribution in [0.5, 0.6) is 11.5 Å². The first-order valence-corrected chi connectivity index (χ1v) is 12.1. The van der Waals surface area contributed by atoms with Crippen LogP contribution < -0.4 is 14.8 Å². The summed E-state index contributed by atoms with van der Waals surface area (Å²) in [7, 11) is 1.42. The molecule has 0 aliphatic carbocycles. The largest absolute Gasteiger partial charge is 0.493 e. The highest BCUT2D eigenvalue weighted by Crippen LogP contribution is 2.39. The average molecular weight is 555 g/mol. The van der Waals surface area contributed by atoms with Crippen molar-refractivity contribution in [1.82, 2.24) is 4.90 Å². The fraction of sp³-hybridized carbons (Fsp3) is 0.217. The van der Waals surface area contributed by atoms with Crippen LogP contribution in [0.4, 0.5) is 5.69 Å². The van der Waals surface area contributed by atoms with Gasteiger partial charge in [0.15, 0.2) is 18.1 Å². The standard InChI is InChI=1S/C23H20Cl2N2O6S2/c1-12-3-4-14(24)10-16(12)26-19(28)11-33-21-15(25)7-13(8-17(21)32-2)9-18-22(31)27(23(34)35-18)6-5-20(29)30/h3-4,7-10H,5-6,11H2,1-2H3,(H,26,28)(H,29,30)/b18-9-. The van der Waals surface area contributed by atoms with Gasteiger partial charge < -0.3 is 19.9 Å². The monoisotopic (exact) mass is 554 g/mol. The predicted molar refractivity (Wildman–Crippen MR) is 140 cm³/mol. The summed E-state index contributed by atoms with van der Waals surface area (Å²) < 4.78 is 11.3. The second-order valence-electron chi connectivity index (χ2n) is 7.31. The predicted octanol–water partition coefficient (Wildman–Crippen LogP) is 5.00. The number of nitrogens with one attached hydrogen (secondary N) is 1. The molecule has 12 heteroatoms. The third-order valence-corrected chi connectivity index (χ3v) is 6.69. The maximum Gasteiger partial charge on any atom is 0.305 e. The molecule has 0 spiro atoms. The summed E-state index contributed by atoms with van der Waals surface area (Å²) in [6, 6.07) is 8.31. The van der Waals surface area contributed by atoms with Gasteiger partial charge in [0.1, 0.15) is 4.32 Å². The van der Waals surface area contributed by atoms with Gasteiger partial charge in [-0.05, 0) is 48.4 Å². The highest BCUT2D eigenvalue weighted by Gasteiger charge is 2.32. The van der Waals surface area contributed by atoms with E-state index in [1.54, 1.807) is 36.4 Å². The minimum Gasteiger partial charge on any atom is -0.493 e. The Bertz CT molecular complexity index is 1230. The van der Waals surface area contributed by atoms with Gasteiger partial charge in [-0.15, -0.1) is 0 Å². The highest BCUT2D eigenvalue weighted by molar-refractivity contribution is 8.26. The number of nitrogens with zero attached hydrogens (tertiary/aromatic N) is 1. The fourth-order valence-electron chi connectivity index (χ4n) is 3.07. The molecule has 0 atom stereocenters. The summed E-state index contributed by atoms with van der Waals surface area (Å²) in [6.07, 6.45) is 1.36. The van der Waals surface area contributed by atoms with E-state index in [0.29, 0.717) is 21.2 Å². The Balaban J connectivity index is 1.73. The zero-order chi connectivity index (χ0) is 25.7. The van der Waals surface area contributed by atoms with E-state index in [1.807, 2.05) is 6.92 Å². The Morgan fingerprint density at radius 2 is 2.00 bits per heavy atom. The third-order valence-electron chi connectivity index (χ3n) is 4.79. The zero-order valence-corrected chi connectivity index (χ0v) is 21.7. The lowest BCUT2D eigenvalue weighted by Gasteiger charge is -2.14. The molecular formula is C23H20Cl2N2O6S2. The molecule has 184 valence electrons. The molecule has 1 saturated heterocycles. The van der Waals surface area contributed by atoms with Crippen LogP contribution in [0.25, 0.3) is 6.08 Å². The summed E-state index contributed by atoms with van der Waals surface area (Å²) in [5.41, 5.74) is 1.95. The van der Waals surface area contributed by atoms with Crippen LogP contribution in [0.15, 0.2) is 35.2 Å². The molecule has 0 aromatic heterocycles. The summed E-state index contributed by atoms with van der Waals surface area (Å²) in [6.45, 7) is 1.50. The molecule has 2 aromatic carbocycles. The van der Waals surface area contributed by atoms with Crippen LogP contribution in [0, 0.1) is 6.92 Å². The van der Waals surface area contributed by atoms with Crippen LogP contribution in [0.2, 0.25) is 10.0 Å². The number of halogens is 2. The molecular weight excluding hydrogens is 535 g/mol. The number of methoxy groups -OCH3 is 1. The van der Waals surface area contributed by atoms with Crippen LogP contribution in [-0.4, -0.2) is 52.4 Å². The number of amides is 2. The molecule has 35 heavy (non-hydrogen) atoms. The molecule has 1 heterocycles. The number of aryl methyl sites for hydroxylation is 1. The number of ether oxygens (including phenoxy) is 2. The molecule has 0 unspecified atom stereocenters. The van der Waals surface area contributed by atoms with E-state index in [9.17, 15) is 14.4 Å². The summed E-state index contributed by atoms with van der Waals surface area (Å²) in [4.78, 5) is 37.4. The van der Waals surface area contributed by atoms with Crippen molar-refractivity contribution in [2.75, 3.05) is 25.6 Å². The van der Waals surface area contributed by atoms with Crippen molar-refractivity contribution in [3.63, 3.8) is 0 Å². The number of carbonyl (C=O) groups is 3. The number of anilines is 1. The van der Waals surface area contributed by atoms with Gasteiger partial charge in [0, 0.05) is 17.3 Å².